The third-order valence-corrected chi connectivity index (χ3v) is 3.42. The van der Waals surface area contributed by atoms with Gasteiger partial charge in [-0.3, -0.25) is 4.68 Å². The summed E-state index contributed by atoms with van der Waals surface area (Å²) in [7, 11) is 5.95. The highest BCUT2D eigenvalue weighted by Crippen LogP contribution is 2.28. The van der Waals surface area contributed by atoms with Crippen LogP contribution >= 0.6 is 22.6 Å². The normalized spacial score (nSPS) is 11.8. The quantitative estimate of drug-likeness (QED) is 0.569. The molecule has 92 valence electrons. The molecule has 0 bridgehead atoms. The number of hydrogen-bond donors (Lipinski definition) is 0. The summed E-state index contributed by atoms with van der Waals surface area (Å²) >= 11 is 2.19. The Kier molecular flexibility index (Phi) is 3.53. The zero-order valence-electron chi connectivity index (χ0n) is 10.5. The molecule has 2 radical (unpaired) electrons. The minimum atomic E-state index is -0.295. The predicted molar refractivity (Wildman–Crippen MR) is 80.7 cm³/mol. The lowest BCUT2D eigenvalue weighted by molar-refractivity contribution is 0.360. The topological polar surface area (TPSA) is 17.8 Å². The maximum absolute atomic E-state index is 13.4. The first-order valence-corrected chi connectivity index (χ1v) is 6.68. The van der Waals surface area contributed by atoms with E-state index in [0.29, 0.717) is 11.0 Å². The summed E-state index contributed by atoms with van der Waals surface area (Å²) < 4.78 is 16.2. The van der Waals surface area contributed by atoms with Gasteiger partial charge in [-0.2, -0.15) is 5.10 Å². The van der Waals surface area contributed by atoms with Gasteiger partial charge >= 0.3 is 0 Å². The number of aromatic nitrogens is 2. The summed E-state index contributed by atoms with van der Waals surface area (Å²) in [6, 6.07) is 4.40. The van der Waals surface area contributed by atoms with Crippen LogP contribution in [0.15, 0.2) is 24.4 Å². The van der Waals surface area contributed by atoms with Crippen molar-refractivity contribution >= 4 is 35.9 Å². The Labute approximate surface area is 121 Å². The first-order valence-electron chi connectivity index (χ1n) is 5.60. The van der Waals surface area contributed by atoms with Gasteiger partial charge in [0.2, 0.25) is 0 Å². The van der Waals surface area contributed by atoms with Gasteiger partial charge in [-0.05, 0) is 61.1 Å². The zero-order chi connectivity index (χ0) is 13.5. The standard InChI is InChI=1S/C13H13BFIN2/c1-13(2,3)18-12(11(16)7-17-18)9-6-8(15)4-5-10(9)14/h4-7H,1-3H3. The molecule has 0 atom stereocenters. The van der Waals surface area contributed by atoms with Gasteiger partial charge in [-0.1, -0.05) is 11.5 Å². The van der Waals surface area contributed by atoms with Gasteiger partial charge in [0.25, 0.3) is 0 Å². The van der Waals surface area contributed by atoms with Crippen molar-refractivity contribution in [2.75, 3.05) is 0 Å². The molecule has 18 heavy (non-hydrogen) atoms. The Morgan fingerprint density at radius 1 is 1.33 bits per heavy atom. The van der Waals surface area contributed by atoms with Gasteiger partial charge in [0, 0.05) is 0 Å². The van der Waals surface area contributed by atoms with Gasteiger partial charge in [-0.25, -0.2) is 4.39 Å². The van der Waals surface area contributed by atoms with Gasteiger partial charge in [0.05, 0.1) is 21.0 Å². The van der Waals surface area contributed by atoms with E-state index in [-0.39, 0.29) is 11.4 Å². The summed E-state index contributed by atoms with van der Waals surface area (Å²) in [5.74, 6) is -0.295. The molecule has 0 saturated heterocycles. The molecule has 1 heterocycles. The molecule has 2 nitrogen and oxygen atoms in total. The fraction of sp³-hybridized carbons (Fsp3) is 0.308. The molecular formula is C13H13BFIN2. The summed E-state index contributed by atoms with van der Waals surface area (Å²) in [5, 5.41) is 4.37. The summed E-state index contributed by atoms with van der Waals surface area (Å²) in [6.07, 6.45) is 1.77. The molecule has 1 aromatic carbocycles. The average Bonchev–Trinajstić information content (AvgIpc) is 2.63. The number of halogens is 2. The summed E-state index contributed by atoms with van der Waals surface area (Å²) in [5.41, 5.74) is 1.92. The second-order valence-corrected chi connectivity index (χ2v) is 6.32. The van der Waals surface area contributed by atoms with Crippen molar-refractivity contribution in [3.05, 3.63) is 33.8 Å². The van der Waals surface area contributed by atoms with Gasteiger partial charge in [0.1, 0.15) is 13.7 Å². The van der Waals surface area contributed by atoms with Crippen LogP contribution in [0.1, 0.15) is 20.8 Å². The Balaban J connectivity index is 2.71. The van der Waals surface area contributed by atoms with Crippen LogP contribution in [0.25, 0.3) is 11.3 Å². The molecule has 0 N–H and O–H groups in total. The minimum absolute atomic E-state index is 0.183. The lowest BCUT2D eigenvalue weighted by Crippen LogP contribution is -2.25. The molecule has 0 aliphatic carbocycles. The maximum Gasteiger partial charge on any atom is 0.123 e. The second kappa shape index (κ2) is 4.68. The van der Waals surface area contributed by atoms with Crippen LogP contribution in [0.2, 0.25) is 0 Å². The van der Waals surface area contributed by atoms with Crippen molar-refractivity contribution in [3.8, 4) is 11.3 Å². The van der Waals surface area contributed by atoms with Crippen molar-refractivity contribution in [3.63, 3.8) is 0 Å². The molecule has 2 aromatic rings. The monoisotopic (exact) mass is 354 g/mol. The van der Waals surface area contributed by atoms with Crippen LogP contribution in [-0.4, -0.2) is 17.6 Å². The number of hydrogen-bond acceptors (Lipinski definition) is 1. The zero-order valence-corrected chi connectivity index (χ0v) is 12.7. The van der Waals surface area contributed by atoms with E-state index >= 15 is 0 Å². The van der Waals surface area contributed by atoms with Crippen LogP contribution < -0.4 is 5.46 Å². The fourth-order valence-corrected chi connectivity index (χ4v) is 2.46. The van der Waals surface area contributed by atoms with E-state index in [1.165, 1.54) is 12.1 Å². The van der Waals surface area contributed by atoms with Crippen LogP contribution in [0, 0.1) is 9.39 Å². The Morgan fingerprint density at radius 3 is 2.61 bits per heavy atom. The molecular weight excluding hydrogens is 341 g/mol. The third kappa shape index (κ3) is 2.46. The summed E-state index contributed by atoms with van der Waals surface area (Å²) in [6.45, 7) is 6.15. The first kappa shape index (κ1) is 13.6. The number of benzene rings is 1. The maximum atomic E-state index is 13.4. The molecule has 2 rings (SSSR count). The molecule has 0 aliphatic heterocycles. The van der Waals surface area contributed by atoms with Crippen molar-refractivity contribution in [1.29, 1.82) is 0 Å². The largest absolute Gasteiger partial charge is 0.259 e. The lowest BCUT2D eigenvalue weighted by atomic mass is 9.88. The van der Waals surface area contributed by atoms with Gasteiger partial charge in [-0.15, -0.1) is 0 Å². The molecule has 0 saturated carbocycles. The molecule has 5 heteroatoms. The molecule has 0 fully saturated rings. The van der Waals surface area contributed by atoms with Crippen molar-refractivity contribution in [2.45, 2.75) is 26.3 Å². The Hall–Kier alpha value is -0.845. The van der Waals surface area contributed by atoms with Crippen LogP contribution in [0.3, 0.4) is 0 Å². The van der Waals surface area contributed by atoms with Crippen LogP contribution in [-0.2, 0) is 5.54 Å². The van der Waals surface area contributed by atoms with E-state index < -0.39 is 0 Å². The van der Waals surface area contributed by atoms with E-state index in [9.17, 15) is 4.39 Å². The van der Waals surface area contributed by atoms with E-state index in [4.69, 9.17) is 7.85 Å². The molecule has 1 aromatic heterocycles. The van der Waals surface area contributed by atoms with Crippen LogP contribution in [0.5, 0.6) is 0 Å². The highest BCUT2D eigenvalue weighted by Gasteiger charge is 2.22. The van der Waals surface area contributed by atoms with Crippen molar-refractivity contribution < 1.29 is 4.39 Å². The van der Waals surface area contributed by atoms with Crippen molar-refractivity contribution in [1.82, 2.24) is 9.78 Å². The smallest absolute Gasteiger partial charge is 0.123 e. The van der Waals surface area contributed by atoms with Crippen LogP contribution in [0.4, 0.5) is 4.39 Å². The average molecular weight is 354 g/mol. The first-order chi connectivity index (χ1) is 8.30. The fourth-order valence-electron chi connectivity index (χ4n) is 1.81. The predicted octanol–water partition coefficient (Wildman–Crippen LogP) is 2.84. The van der Waals surface area contributed by atoms with Gasteiger partial charge in [0.15, 0.2) is 0 Å². The number of rotatable bonds is 1. The minimum Gasteiger partial charge on any atom is -0.259 e. The highest BCUT2D eigenvalue weighted by molar-refractivity contribution is 14.1. The van der Waals surface area contributed by atoms with E-state index in [2.05, 4.69) is 48.5 Å². The van der Waals surface area contributed by atoms with E-state index in [1.54, 1.807) is 12.3 Å². The van der Waals surface area contributed by atoms with E-state index in [1.807, 2.05) is 4.68 Å². The molecule has 0 amide bonds. The number of nitrogens with zero attached hydrogens (tertiary/aromatic N) is 2. The SMILES string of the molecule is [B]c1ccc(F)cc1-c1c(I)cnn1C(C)(C)C. The van der Waals surface area contributed by atoms with E-state index in [0.717, 1.165) is 9.26 Å². The molecule has 0 aliphatic rings. The molecule has 0 spiro atoms. The highest BCUT2D eigenvalue weighted by atomic mass is 127. The molecule has 0 unspecified atom stereocenters. The van der Waals surface area contributed by atoms with Gasteiger partial charge < -0.3 is 0 Å². The third-order valence-electron chi connectivity index (χ3n) is 2.63. The second-order valence-electron chi connectivity index (χ2n) is 5.16. The lowest BCUT2D eigenvalue weighted by Gasteiger charge is -2.23. The van der Waals surface area contributed by atoms with Crippen molar-refractivity contribution in [2.24, 2.45) is 0 Å². The Morgan fingerprint density at radius 2 is 2.00 bits per heavy atom. The Bertz CT molecular complexity index is 587. The summed E-state index contributed by atoms with van der Waals surface area (Å²) in [4.78, 5) is 0.